The van der Waals surface area contributed by atoms with Crippen LogP contribution in [0.2, 0.25) is 0 Å². The Balaban J connectivity index is 2.68. The van der Waals surface area contributed by atoms with Crippen molar-refractivity contribution in [3.05, 3.63) is 35.1 Å². The minimum Gasteiger partial charge on any atom is -0.370 e. The van der Waals surface area contributed by atoms with Gasteiger partial charge in [-0.25, -0.2) is 4.39 Å². The minimum absolute atomic E-state index is 0.0172. The van der Waals surface area contributed by atoms with Crippen LogP contribution in [0.1, 0.15) is 11.1 Å². The fourth-order valence-electron chi connectivity index (χ4n) is 1.05. The van der Waals surface area contributed by atoms with E-state index in [9.17, 15) is 4.39 Å². The molecular weight excluding hydrogens is 241 g/mol. The highest BCUT2D eigenvalue weighted by Gasteiger charge is 2.04. The van der Waals surface area contributed by atoms with Crippen LogP contribution in [0.25, 0.3) is 0 Å². The molecule has 0 fully saturated rings. The standard InChI is InChI=1S/C10H10FN5S/c11-8-2-1-6(3-7(8)4-12)5-17-10(15)16-9(13)14/h1-3H,5H2,(H5,13,14,15,16). The molecule has 0 spiro atoms. The summed E-state index contributed by atoms with van der Waals surface area (Å²) >= 11 is 1.09. The highest BCUT2D eigenvalue weighted by atomic mass is 32.2. The maximum atomic E-state index is 13.0. The molecule has 1 aromatic carbocycles. The Morgan fingerprint density at radius 2 is 2.24 bits per heavy atom. The molecule has 0 aromatic heterocycles. The van der Waals surface area contributed by atoms with Crippen molar-refractivity contribution in [2.24, 2.45) is 16.5 Å². The smallest absolute Gasteiger partial charge is 0.193 e. The van der Waals surface area contributed by atoms with Gasteiger partial charge in [0.25, 0.3) is 0 Å². The van der Waals surface area contributed by atoms with Gasteiger partial charge in [0.2, 0.25) is 0 Å². The molecule has 0 heterocycles. The second-order valence-electron chi connectivity index (χ2n) is 3.06. The zero-order valence-corrected chi connectivity index (χ0v) is 9.59. The van der Waals surface area contributed by atoms with Gasteiger partial charge in [-0.2, -0.15) is 10.3 Å². The van der Waals surface area contributed by atoms with E-state index in [1.54, 1.807) is 12.1 Å². The summed E-state index contributed by atoms with van der Waals surface area (Å²) in [5.74, 6) is -0.343. The first-order valence-electron chi connectivity index (χ1n) is 4.52. The van der Waals surface area contributed by atoms with Gasteiger partial charge in [0.1, 0.15) is 11.9 Å². The number of aliphatic imine (C=N–C) groups is 1. The van der Waals surface area contributed by atoms with Gasteiger partial charge in [-0.3, -0.25) is 5.41 Å². The lowest BCUT2D eigenvalue weighted by Gasteiger charge is -2.01. The van der Waals surface area contributed by atoms with E-state index in [0.717, 1.165) is 17.3 Å². The number of rotatable bonds is 2. The number of hydrogen-bond acceptors (Lipinski definition) is 3. The molecule has 1 aromatic rings. The Morgan fingerprint density at radius 1 is 1.53 bits per heavy atom. The summed E-state index contributed by atoms with van der Waals surface area (Å²) in [4.78, 5) is 3.53. The monoisotopic (exact) mass is 251 g/mol. The zero-order chi connectivity index (χ0) is 12.8. The lowest BCUT2D eigenvalue weighted by Crippen LogP contribution is -2.23. The number of nitriles is 1. The van der Waals surface area contributed by atoms with Crippen LogP contribution in [0.15, 0.2) is 23.2 Å². The van der Waals surface area contributed by atoms with E-state index in [1.165, 1.54) is 12.1 Å². The van der Waals surface area contributed by atoms with Crippen molar-refractivity contribution in [3.63, 3.8) is 0 Å². The van der Waals surface area contributed by atoms with E-state index in [4.69, 9.17) is 22.1 Å². The Kier molecular flexibility index (Phi) is 4.48. The van der Waals surface area contributed by atoms with Crippen molar-refractivity contribution in [1.82, 2.24) is 0 Å². The van der Waals surface area contributed by atoms with Crippen LogP contribution in [-0.4, -0.2) is 11.1 Å². The molecule has 0 saturated heterocycles. The van der Waals surface area contributed by atoms with Gasteiger partial charge in [0.05, 0.1) is 5.56 Å². The molecular formula is C10H10FN5S. The maximum Gasteiger partial charge on any atom is 0.193 e. The third-order valence-electron chi connectivity index (χ3n) is 1.76. The molecule has 0 amide bonds. The molecule has 0 atom stereocenters. The average Bonchev–Trinajstić information content (AvgIpc) is 2.27. The summed E-state index contributed by atoms with van der Waals surface area (Å²) < 4.78 is 13.0. The largest absolute Gasteiger partial charge is 0.370 e. The number of nitrogens with zero attached hydrogens (tertiary/aromatic N) is 2. The van der Waals surface area contributed by atoms with Crippen LogP contribution in [-0.2, 0) is 5.75 Å². The molecule has 5 nitrogen and oxygen atoms in total. The van der Waals surface area contributed by atoms with Gasteiger partial charge in [-0.05, 0) is 17.7 Å². The van der Waals surface area contributed by atoms with E-state index in [2.05, 4.69) is 4.99 Å². The van der Waals surface area contributed by atoms with E-state index in [1.807, 2.05) is 0 Å². The van der Waals surface area contributed by atoms with Crippen molar-refractivity contribution < 1.29 is 4.39 Å². The van der Waals surface area contributed by atoms with Crippen molar-refractivity contribution in [3.8, 4) is 6.07 Å². The second-order valence-corrected chi connectivity index (χ2v) is 4.02. The number of benzene rings is 1. The third-order valence-corrected chi connectivity index (χ3v) is 2.60. The van der Waals surface area contributed by atoms with Crippen LogP contribution < -0.4 is 11.5 Å². The molecule has 7 heteroatoms. The normalized spacial score (nSPS) is 9.41. The maximum absolute atomic E-state index is 13.0. The molecule has 5 N–H and O–H groups in total. The Labute approximate surface area is 102 Å². The summed E-state index contributed by atoms with van der Waals surface area (Å²) in [5.41, 5.74) is 10.9. The van der Waals surface area contributed by atoms with Crippen LogP contribution >= 0.6 is 11.8 Å². The number of thioether (sulfide) groups is 1. The molecule has 0 bridgehead atoms. The molecule has 0 saturated carbocycles. The predicted octanol–water partition coefficient (Wildman–Crippen LogP) is 1.14. The fraction of sp³-hybridized carbons (Fsp3) is 0.100. The lowest BCUT2D eigenvalue weighted by molar-refractivity contribution is 0.623. The van der Waals surface area contributed by atoms with Crippen molar-refractivity contribution in [2.75, 3.05) is 0 Å². The van der Waals surface area contributed by atoms with E-state index in [0.29, 0.717) is 5.75 Å². The first-order chi connectivity index (χ1) is 8.02. The molecule has 0 aliphatic heterocycles. The number of guanidine groups is 1. The summed E-state index contributed by atoms with van der Waals surface area (Å²) in [6, 6.07) is 5.95. The summed E-state index contributed by atoms with van der Waals surface area (Å²) in [5, 5.41) is 16.0. The van der Waals surface area contributed by atoms with Gasteiger partial charge in [0, 0.05) is 5.75 Å². The average molecular weight is 251 g/mol. The number of hydrogen-bond donors (Lipinski definition) is 3. The predicted molar refractivity (Wildman–Crippen MR) is 65.9 cm³/mol. The van der Waals surface area contributed by atoms with Crippen LogP contribution in [0, 0.1) is 22.6 Å². The minimum atomic E-state index is -0.555. The number of nitrogens with two attached hydrogens (primary N) is 2. The molecule has 88 valence electrons. The van der Waals surface area contributed by atoms with Crippen LogP contribution in [0.5, 0.6) is 0 Å². The Morgan fingerprint density at radius 3 is 2.82 bits per heavy atom. The van der Waals surface area contributed by atoms with E-state index < -0.39 is 5.82 Å². The van der Waals surface area contributed by atoms with Gasteiger partial charge >= 0.3 is 0 Å². The number of halogens is 1. The van der Waals surface area contributed by atoms with Gasteiger partial charge in [-0.15, -0.1) is 0 Å². The van der Waals surface area contributed by atoms with E-state index in [-0.39, 0.29) is 16.7 Å². The second kappa shape index (κ2) is 5.86. The lowest BCUT2D eigenvalue weighted by atomic mass is 10.1. The van der Waals surface area contributed by atoms with Gasteiger partial charge < -0.3 is 11.5 Å². The number of nitrogens with one attached hydrogen (secondary N) is 1. The quantitative estimate of drug-likeness (QED) is 0.540. The molecule has 0 aliphatic carbocycles. The highest BCUT2D eigenvalue weighted by Crippen LogP contribution is 2.16. The van der Waals surface area contributed by atoms with Gasteiger partial charge in [-0.1, -0.05) is 17.8 Å². The Hall–Kier alpha value is -2.07. The molecule has 0 radical (unpaired) electrons. The summed E-state index contributed by atoms with van der Waals surface area (Å²) in [7, 11) is 0. The van der Waals surface area contributed by atoms with E-state index >= 15 is 0 Å². The highest BCUT2D eigenvalue weighted by molar-refractivity contribution is 8.13. The molecule has 1 rings (SSSR count). The SMILES string of the molecule is N#Cc1cc(CSC(=N)N=C(N)N)ccc1F. The first kappa shape index (κ1) is 13.0. The van der Waals surface area contributed by atoms with Crippen LogP contribution in [0.4, 0.5) is 4.39 Å². The Bertz CT molecular complexity index is 502. The van der Waals surface area contributed by atoms with Crippen molar-refractivity contribution in [1.29, 1.82) is 10.7 Å². The van der Waals surface area contributed by atoms with Gasteiger partial charge in [0.15, 0.2) is 11.1 Å². The number of amidine groups is 1. The zero-order valence-electron chi connectivity index (χ0n) is 8.77. The first-order valence-corrected chi connectivity index (χ1v) is 5.51. The molecule has 0 aliphatic rings. The van der Waals surface area contributed by atoms with Crippen LogP contribution in [0.3, 0.4) is 0 Å². The van der Waals surface area contributed by atoms with Crippen molar-refractivity contribution >= 4 is 22.9 Å². The van der Waals surface area contributed by atoms with Crippen molar-refractivity contribution in [2.45, 2.75) is 5.75 Å². The third kappa shape index (κ3) is 4.12. The topological polar surface area (TPSA) is 112 Å². The molecule has 0 unspecified atom stereocenters. The summed E-state index contributed by atoms with van der Waals surface area (Å²) in [6.07, 6.45) is 0. The molecule has 17 heavy (non-hydrogen) atoms. The fourth-order valence-corrected chi connectivity index (χ4v) is 1.70. The summed E-state index contributed by atoms with van der Waals surface area (Å²) in [6.45, 7) is 0.